The summed E-state index contributed by atoms with van der Waals surface area (Å²) in [5, 5.41) is 2.87. The van der Waals surface area contributed by atoms with Gasteiger partial charge in [0.1, 0.15) is 25.3 Å². The minimum Gasteiger partial charge on any atom is -0.468 e. The molecule has 1 heterocycles. The standard InChI is InChI=1S/C27H43N7O8/c1-20(35)30-23-16-32(18-26(38)41-3)10-9-31(17-25(37)40-2)11-13-34(24(36)15-28,22-7-5-21(29)6-8-22)14-12-33(23)19-27(39)42-4/h5-8,23H,9-19,28-29H2,1-4H3/p+1. The molecule has 2 atom stereocenters. The van der Waals surface area contributed by atoms with E-state index in [-0.39, 0.29) is 68.7 Å². The van der Waals surface area contributed by atoms with Crippen LogP contribution in [0.2, 0.25) is 0 Å². The van der Waals surface area contributed by atoms with Gasteiger partial charge in [0.05, 0.1) is 53.7 Å². The largest absolute Gasteiger partial charge is 0.468 e. The molecule has 234 valence electrons. The Morgan fingerprint density at radius 3 is 1.90 bits per heavy atom. The normalized spacial score (nSPS) is 21.3. The summed E-state index contributed by atoms with van der Waals surface area (Å²) in [7, 11) is 3.84. The summed E-state index contributed by atoms with van der Waals surface area (Å²) >= 11 is 0. The van der Waals surface area contributed by atoms with Crippen LogP contribution in [0.1, 0.15) is 6.92 Å². The number of esters is 3. The summed E-state index contributed by atoms with van der Waals surface area (Å²) in [4.78, 5) is 68.4. The molecule has 2 amide bonds. The number of carbonyl (C=O) groups excluding carboxylic acids is 5. The molecule has 1 aromatic rings. The van der Waals surface area contributed by atoms with Crippen molar-refractivity contribution in [2.24, 2.45) is 5.73 Å². The number of amides is 2. The van der Waals surface area contributed by atoms with Crippen molar-refractivity contribution >= 4 is 41.1 Å². The van der Waals surface area contributed by atoms with Gasteiger partial charge in [-0.2, -0.15) is 0 Å². The maximum absolute atomic E-state index is 13.7. The molecule has 42 heavy (non-hydrogen) atoms. The van der Waals surface area contributed by atoms with Gasteiger partial charge in [-0.3, -0.25) is 33.9 Å². The lowest BCUT2D eigenvalue weighted by Crippen LogP contribution is -2.65. The van der Waals surface area contributed by atoms with E-state index in [9.17, 15) is 24.0 Å². The second-order valence-corrected chi connectivity index (χ2v) is 10.0. The van der Waals surface area contributed by atoms with Crippen LogP contribution in [0.15, 0.2) is 24.3 Å². The Bertz CT molecular complexity index is 1090. The van der Waals surface area contributed by atoms with E-state index in [1.54, 1.807) is 34.1 Å². The maximum atomic E-state index is 13.7. The summed E-state index contributed by atoms with van der Waals surface area (Å²) in [6, 6.07) is 6.90. The number of methoxy groups -OCH3 is 3. The number of hydrogen-bond acceptors (Lipinski definition) is 13. The van der Waals surface area contributed by atoms with Crippen molar-refractivity contribution in [1.82, 2.24) is 24.5 Å². The highest BCUT2D eigenvalue weighted by Crippen LogP contribution is 2.26. The topological polar surface area (TPSA) is 187 Å². The molecular weight excluding hydrogens is 550 g/mol. The van der Waals surface area contributed by atoms with Crippen LogP contribution in [0.4, 0.5) is 11.4 Å². The van der Waals surface area contributed by atoms with Crippen molar-refractivity contribution in [2.45, 2.75) is 13.1 Å². The molecule has 15 heteroatoms. The number of nitrogens with zero attached hydrogens (tertiary/aromatic N) is 4. The fourth-order valence-electron chi connectivity index (χ4n) is 4.90. The molecule has 0 saturated carbocycles. The Balaban J connectivity index is 2.66. The smallest absolute Gasteiger partial charge is 0.332 e. The predicted molar refractivity (Wildman–Crippen MR) is 155 cm³/mol. The first kappa shape index (κ1) is 34.6. The van der Waals surface area contributed by atoms with Gasteiger partial charge in [0.2, 0.25) is 5.91 Å². The number of nitrogens with two attached hydrogens (primary N) is 2. The molecular formula is C27H44N7O8+. The first-order valence-corrected chi connectivity index (χ1v) is 13.6. The molecule has 0 bridgehead atoms. The summed E-state index contributed by atoms with van der Waals surface area (Å²) < 4.78 is 14.5. The van der Waals surface area contributed by atoms with Crippen LogP contribution in [-0.2, 0) is 38.2 Å². The highest BCUT2D eigenvalue weighted by Gasteiger charge is 2.40. The van der Waals surface area contributed by atoms with Crippen LogP contribution in [0.3, 0.4) is 0 Å². The molecule has 0 aromatic heterocycles. The van der Waals surface area contributed by atoms with E-state index in [0.717, 1.165) is 0 Å². The summed E-state index contributed by atoms with van der Waals surface area (Å²) in [6.45, 7) is 2.32. The third kappa shape index (κ3) is 10.0. The Morgan fingerprint density at radius 2 is 1.36 bits per heavy atom. The van der Waals surface area contributed by atoms with Gasteiger partial charge in [-0.15, -0.1) is 0 Å². The molecule has 15 nitrogen and oxygen atoms in total. The molecule has 0 spiro atoms. The minimum absolute atomic E-state index is 0.0509. The Morgan fingerprint density at radius 1 is 0.833 bits per heavy atom. The van der Waals surface area contributed by atoms with Crippen LogP contribution < -0.4 is 21.3 Å². The monoisotopic (exact) mass is 594 g/mol. The maximum Gasteiger partial charge on any atom is 0.332 e. The zero-order valence-corrected chi connectivity index (χ0v) is 24.9. The van der Waals surface area contributed by atoms with Crippen LogP contribution >= 0.6 is 0 Å². The number of ether oxygens (including phenoxy) is 3. The molecule has 1 fully saturated rings. The number of quaternary nitrogens is 1. The number of anilines is 1. The van der Waals surface area contributed by atoms with E-state index < -0.39 is 24.1 Å². The highest BCUT2D eigenvalue weighted by molar-refractivity contribution is 5.90. The molecule has 2 unspecified atom stereocenters. The molecule has 0 aliphatic carbocycles. The number of nitrogens with one attached hydrogen (secondary N) is 1. The predicted octanol–water partition coefficient (Wildman–Crippen LogP) is -2.04. The van der Waals surface area contributed by atoms with Crippen molar-refractivity contribution in [1.29, 1.82) is 0 Å². The number of hydrogen-bond donors (Lipinski definition) is 3. The van der Waals surface area contributed by atoms with Gasteiger partial charge in [-0.25, -0.2) is 9.28 Å². The third-order valence-electron chi connectivity index (χ3n) is 7.30. The molecule has 1 aromatic carbocycles. The summed E-state index contributed by atoms with van der Waals surface area (Å²) in [6.07, 6.45) is -0.749. The zero-order chi connectivity index (χ0) is 31.3. The minimum atomic E-state index is -0.749. The van der Waals surface area contributed by atoms with Gasteiger partial charge >= 0.3 is 23.8 Å². The lowest BCUT2D eigenvalue weighted by molar-refractivity contribution is -0.145. The second-order valence-electron chi connectivity index (χ2n) is 10.0. The Kier molecular flexibility index (Phi) is 13.8. The number of carbonyl (C=O) groups is 5. The summed E-state index contributed by atoms with van der Waals surface area (Å²) in [5.41, 5.74) is 13.0. The molecule has 0 radical (unpaired) electrons. The van der Waals surface area contributed by atoms with Crippen LogP contribution in [0, 0.1) is 0 Å². The fraction of sp³-hybridized carbons (Fsp3) is 0.593. The van der Waals surface area contributed by atoms with E-state index in [1.807, 2.05) is 4.90 Å². The van der Waals surface area contributed by atoms with E-state index in [2.05, 4.69) is 5.32 Å². The van der Waals surface area contributed by atoms with Crippen molar-refractivity contribution in [3.63, 3.8) is 0 Å². The lowest BCUT2D eigenvalue weighted by Gasteiger charge is -2.41. The SMILES string of the molecule is COC(=O)CN1CCN(CC(=O)OC)CC(NC(C)=O)N(CC(=O)OC)CC[N+](C(=O)CN)(c2ccc(N)cc2)CC1. The molecule has 2 rings (SSSR count). The van der Waals surface area contributed by atoms with E-state index in [4.69, 9.17) is 25.7 Å². The van der Waals surface area contributed by atoms with Crippen molar-refractivity contribution in [3.05, 3.63) is 24.3 Å². The van der Waals surface area contributed by atoms with Crippen LogP contribution in [0.25, 0.3) is 0 Å². The highest BCUT2D eigenvalue weighted by atomic mass is 16.5. The average Bonchev–Trinajstić information content (AvgIpc) is 2.97. The van der Waals surface area contributed by atoms with Gasteiger partial charge in [0.25, 0.3) is 0 Å². The number of nitrogen functional groups attached to an aromatic ring is 1. The molecule has 1 aliphatic rings. The Hall–Kier alpha value is -3.63. The molecule has 5 N–H and O–H groups in total. The third-order valence-corrected chi connectivity index (χ3v) is 7.30. The molecule has 1 saturated heterocycles. The number of benzene rings is 1. The van der Waals surface area contributed by atoms with Crippen molar-refractivity contribution < 1.29 is 38.2 Å². The van der Waals surface area contributed by atoms with E-state index in [1.165, 1.54) is 28.3 Å². The van der Waals surface area contributed by atoms with Crippen LogP contribution in [0.5, 0.6) is 0 Å². The quantitative estimate of drug-likeness (QED) is 0.123. The lowest BCUT2D eigenvalue weighted by atomic mass is 10.1. The fourth-order valence-corrected chi connectivity index (χ4v) is 4.90. The first-order chi connectivity index (χ1) is 20.0. The summed E-state index contributed by atoms with van der Waals surface area (Å²) in [5.74, 6) is -2.13. The first-order valence-electron chi connectivity index (χ1n) is 13.6. The van der Waals surface area contributed by atoms with Crippen LogP contribution in [-0.4, -0.2) is 144 Å². The van der Waals surface area contributed by atoms with Gasteiger partial charge < -0.3 is 31.0 Å². The van der Waals surface area contributed by atoms with Crippen molar-refractivity contribution in [2.75, 3.05) is 99.1 Å². The van der Waals surface area contributed by atoms with Gasteiger partial charge in [0.15, 0.2) is 0 Å². The van der Waals surface area contributed by atoms with Gasteiger partial charge in [0, 0.05) is 50.9 Å². The second kappa shape index (κ2) is 16.7. The zero-order valence-electron chi connectivity index (χ0n) is 24.9. The average molecular weight is 595 g/mol. The molecule has 1 aliphatic heterocycles. The van der Waals surface area contributed by atoms with Gasteiger partial charge in [-0.1, -0.05) is 0 Å². The van der Waals surface area contributed by atoms with Crippen molar-refractivity contribution in [3.8, 4) is 0 Å². The number of rotatable bonds is 9. The van der Waals surface area contributed by atoms with E-state index >= 15 is 0 Å². The van der Waals surface area contributed by atoms with E-state index in [0.29, 0.717) is 31.0 Å². The Labute approximate surface area is 246 Å². The van der Waals surface area contributed by atoms with Gasteiger partial charge in [-0.05, 0) is 12.1 Å².